The number of nitrogens with one attached hydrogen (secondary N) is 1. The third kappa shape index (κ3) is 5.48. The van der Waals surface area contributed by atoms with Gasteiger partial charge in [0, 0.05) is 25.0 Å². The highest BCUT2D eigenvalue weighted by molar-refractivity contribution is 5.81. The standard InChI is InChI=1S/C27H32N2O6/c1-3-29(17(2)12-25(30)31)26(32)18-13-19(34-15-18)14-28-27(33)35-16-24-22-10-6-4-8-20(22)21-9-5-7-11-23(21)24/h4-11,17-19,24H,3,12-16H2,1-2H3,(H,28,33)(H,30,31). The van der Waals surface area contributed by atoms with Crippen molar-refractivity contribution in [3.05, 3.63) is 59.7 Å². The third-order valence-corrected chi connectivity index (χ3v) is 6.87. The van der Waals surface area contributed by atoms with Gasteiger partial charge in [-0.15, -0.1) is 0 Å². The summed E-state index contributed by atoms with van der Waals surface area (Å²) in [4.78, 5) is 37.9. The average Bonchev–Trinajstić information content (AvgIpc) is 3.44. The lowest BCUT2D eigenvalue weighted by molar-refractivity contribution is -0.142. The number of hydrogen-bond donors (Lipinski definition) is 2. The highest BCUT2D eigenvalue weighted by atomic mass is 16.5. The Bertz CT molecular complexity index is 1040. The number of fused-ring (bicyclic) bond motifs is 3. The lowest BCUT2D eigenvalue weighted by Gasteiger charge is -2.29. The number of rotatable bonds is 9. The molecule has 1 fully saturated rings. The Morgan fingerprint density at radius 3 is 2.34 bits per heavy atom. The van der Waals surface area contributed by atoms with Crippen LogP contribution in [-0.2, 0) is 19.1 Å². The van der Waals surface area contributed by atoms with E-state index in [0.717, 1.165) is 11.1 Å². The van der Waals surface area contributed by atoms with Crippen molar-refractivity contribution in [2.75, 3.05) is 26.3 Å². The van der Waals surface area contributed by atoms with Crippen LogP contribution in [-0.4, -0.2) is 66.4 Å². The van der Waals surface area contributed by atoms with Crippen LogP contribution >= 0.6 is 0 Å². The van der Waals surface area contributed by atoms with Gasteiger partial charge in [0.15, 0.2) is 0 Å². The van der Waals surface area contributed by atoms with Crippen LogP contribution in [0.15, 0.2) is 48.5 Å². The summed E-state index contributed by atoms with van der Waals surface area (Å²) >= 11 is 0. The summed E-state index contributed by atoms with van der Waals surface area (Å²) in [5.41, 5.74) is 4.65. The number of hydrogen-bond acceptors (Lipinski definition) is 5. The molecule has 1 aliphatic carbocycles. The summed E-state index contributed by atoms with van der Waals surface area (Å²) in [5, 5.41) is 11.8. The first-order valence-corrected chi connectivity index (χ1v) is 12.1. The van der Waals surface area contributed by atoms with Gasteiger partial charge in [-0.25, -0.2) is 4.79 Å². The summed E-state index contributed by atoms with van der Waals surface area (Å²) in [5.74, 6) is -1.40. The van der Waals surface area contributed by atoms with Crippen molar-refractivity contribution < 1.29 is 29.0 Å². The Hall–Kier alpha value is -3.39. The number of aliphatic carboxylic acids is 1. The molecule has 2 aliphatic rings. The maximum absolute atomic E-state index is 12.9. The molecule has 1 aliphatic heterocycles. The van der Waals surface area contributed by atoms with Gasteiger partial charge in [-0.1, -0.05) is 48.5 Å². The normalized spacial score (nSPS) is 19.5. The summed E-state index contributed by atoms with van der Waals surface area (Å²) in [7, 11) is 0. The largest absolute Gasteiger partial charge is 0.481 e. The Labute approximate surface area is 205 Å². The number of amides is 2. The molecule has 1 heterocycles. The van der Waals surface area contributed by atoms with Gasteiger partial charge >= 0.3 is 12.1 Å². The van der Waals surface area contributed by atoms with Crippen LogP contribution in [0.2, 0.25) is 0 Å². The van der Waals surface area contributed by atoms with Crippen LogP contribution in [0.1, 0.15) is 43.7 Å². The molecule has 0 aromatic heterocycles. The molecule has 186 valence electrons. The lowest BCUT2D eigenvalue weighted by Crippen LogP contribution is -2.43. The molecule has 3 unspecified atom stereocenters. The Morgan fingerprint density at radius 2 is 1.74 bits per heavy atom. The van der Waals surface area contributed by atoms with Crippen LogP contribution in [0.25, 0.3) is 11.1 Å². The first-order chi connectivity index (χ1) is 16.9. The number of carboxylic acid groups (broad SMARTS) is 1. The highest BCUT2D eigenvalue weighted by Gasteiger charge is 2.35. The molecule has 1 saturated heterocycles. The van der Waals surface area contributed by atoms with Gasteiger partial charge in [0.05, 0.1) is 25.0 Å². The molecular weight excluding hydrogens is 448 g/mol. The molecule has 8 nitrogen and oxygen atoms in total. The van der Waals surface area contributed by atoms with E-state index in [9.17, 15) is 14.4 Å². The first kappa shape index (κ1) is 24.7. The summed E-state index contributed by atoms with van der Waals surface area (Å²) in [6.07, 6.45) is -0.438. The molecule has 4 rings (SSSR count). The Balaban J connectivity index is 1.26. The number of carboxylic acids is 1. The van der Waals surface area contributed by atoms with Crippen LogP contribution in [0.3, 0.4) is 0 Å². The molecule has 8 heteroatoms. The smallest absolute Gasteiger partial charge is 0.407 e. The zero-order chi connectivity index (χ0) is 24.9. The van der Waals surface area contributed by atoms with Gasteiger partial charge in [-0.3, -0.25) is 9.59 Å². The lowest BCUT2D eigenvalue weighted by atomic mass is 9.98. The topological polar surface area (TPSA) is 105 Å². The van der Waals surface area contributed by atoms with Gasteiger partial charge in [-0.05, 0) is 42.5 Å². The van der Waals surface area contributed by atoms with E-state index in [-0.39, 0.29) is 56.1 Å². The number of carbonyl (C=O) groups excluding carboxylic acids is 2. The first-order valence-electron chi connectivity index (χ1n) is 12.1. The fraction of sp³-hybridized carbons (Fsp3) is 0.444. The number of nitrogens with zero attached hydrogens (tertiary/aromatic N) is 1. The maximum atomic E-state index is 12.9. The monoisotopic (exact) mass is 480 g/mol. The zero-order valence-electron chi connectivity index (χ0n) is 20.1. The second-order valence-electron chi connectivity index (χ2n) is 9.17. The van der Waals surface area contributed by atoms with Crippen molar-refractivity contribution in [1.29, 1.82) is 0 Å². The minimum Gasteiger partial charge on any atom is -0.481 e. The van der Waals surface area contributed by atoms with Crippen molar-refractivity contribution in [2.45, 2.75) is 44.8 Å². The van der Waals surface area contributed by atoms with E-state index >= 15 is 0 Å². The SMILES string of the molecule is CCN(C(=O)C1COC(CNC(=O)OCC2c3ccccc3-c3ccccc32)C1)C(C)CC(=O)O. The highest BCUT2D eigenvalue weighted by Crippen LogP contribution is 2.44. The zero-order valence-corrected chi connectivity index (χ0v) is 20.1. The van der Waals surface area contributed by atoms with E-state index < -0.39 is 12.1 Å². The second-order valence-corrected chi connectivity index (χ2v) is 9.17. The van der Waals surface area contributed by atoms with Gasteiger partial charge < -0.3 is 24.8 Å². The van der Waals surface area contributed by atoms with Crippen molar-refractivity contribution in [1.82, 2.24) is 10.2 Å². The molecular formula is C27H32N2O6. The third-order valence-electron chi connectivity index (χ3n) is 6.87. The molecule has 0 spiro atoms. The molecule has 0 radical (unpaired) electrons. The molecule has 2 N–H and O–H groups in total. The summed E-state index contributed by atoms with van der Waals surface area (Å²) in [6.45, 7) is 4.75. The molecule has 35 heavy (non-hydrogen) atoms. The van der Waals surface area contributed by atoms with Crippen LogP contribution in [0.4, 0.5) is 4.79 Å². The number of benzene rings is 2. The molecule has 2 aromatic carbocycles. The predicted molar refractivity (Wildman–Crippen MR) is 130 cm³/mol. The molecule has 0 saturated carbocycles. The fourth-order valence-corrected chi connectivity index (χ4v) is 5.15. The van der Waals surface area contributed by atoms with E-state index in [1.165, 1.54) is 11.1 Å². The quantitative estimate of drug-likeness (QED) is 0.568. The van der Waals surface area contributed by atoms with Gasteiger partial charge in [0.25, 0.3) is 0 Å². The molecule has 3 atom stereocenters. The van der Waals surface area contributed by atoms with Gasteiger partial charge in [0.2, 0.25) is 5.91 Å². The molecule has 2 amide bonds. The van der Waals surface area contributed by atoms with Crippen molar-refractivity contribution >= 4 is 18.0 Å². The van der Waals surface area contributed by atoms with Crippen molar-refractivity contribution in [3.8, 4) is 11.1 Å². The van der Waals surface area contributed by atoms with E-state index in [0.29, 0.717) is 13.0 Å². The van der Waals surface area contributed by atoms with E-state index in [4.69, 9.17) is 14.6 Å². The number of alkyl carbamates (subject to hydrolysis) is 1. The Kier molecular flexibility index (Phi) is 7.70. The number of ether oxygens (including phenoxy) is 2. The predicted octanol–water partition coefficient (Wildman–Crippen LogP) is 3.64. The summed E-state index contributed by atoms with van der Waals surface area (Å²) < 4.78 is 11.3. The Morgan fingerprint density at radius 1 is 1.11 bits per heavy atom. The molecule has 2 aromatic rings. The van der Waals surface area contributed by atoms with Gasteiger partial charge in [-0.2, -0.15) is 0 Å². The average molecular weight is 481 g/mol. The fourth-order valence-electron chi connectivity index (χ4n) is 5.15. The van der Waals surface area contributed by atoms with Crippen LogP contribution < -0.4 is 5.32 Å². The second kappa shape index (κ2) is 10.9. The van der Waals surface area contributed by atoms with Crippen LogP contribution in [0, 0.1) is 5.92 Å². The summed E-state index contributed by atoms with van der Waals surface area (Å²) in [6, 6.07) is 15.9. The van der Waals surface area contributed by atoms with E-state index in [1.54, 1.807) is 11.8 Å². The number of carbonyl (C=O) groups is 3. The minimum atomic E-state index is -0.934. The van der Waals surface area contributed by atoms with Crippen LogP contribution in [0.5, 0.6) is 0 Å². The minimum absolute atomic E-state index is 0.00861. The maximum Gasteiger partial charge on any atom is 0.407 e. The molecule has 0 bridgehead atoms. The van der Waals surface area contributed by atoms with E-state index in [2.05, 4.69) is 29.6 Å². The van der Waals surface area contributed by atoms with Gasteiger partial charge in [0.1, 0.15) is 6.61 Å². The van der Waals surface area contributed by atoms with Crippen molar-refractivity contribution in [3.63, 3.8) is 0 Å². The van der Waals surface area contributed by atoms with Crippen molar-refractivity contribution in [2.24, 2.45) is 5.92 Å². The van der Waals surface area contributed by atoms with E-state index in [1.807, 2.05) is 31.2 Å².